The number of fused-ring (bicyclic) bond motifs is 1. The summed E-state index contributed by atoms with van der Waals surface area (Å²) in [6.07, 6.45) is 7.11. The number of aromatic nitrogens is 3. The van der Waals surface area contributed by atoms with Crippen LogP contribution >= 0.6 is 23.2 Å². The second-order valence-electron chi connectivity index (χ2n) is 9.06. The van der Waals surface area contributed by atoms with Gasteiger partial charge in [-0.25, -0.2) is 9.07 Å². The summed E-state index contributed by atoms with van der Waals surface area (Å²) in [5.41, 5.74) is 5.47. The van der Waals surface area contributed by atoms with Crippen molar-refractivity contribution in [3.8, 4) is 5.69 Å². The average molecular weight is 535 g/mol. The molecule has 1 atom stereocenters. The van der Waals surface area contributed by atoms with Crippen molar-refractivity contribution in [2.75, 3.05) is 0 Å². The first-order valence-electron chi connectivity index (χ1n) is 12.2. The molecule has 0 saturated carbocycles. The second kappa shape index (κ2) is 10.9. The molecule has 0 radical (unpaired) electrons. The minimum atomic E-state index is -0.292. The van der Waals surface area contributed by atoms with E-state index in [0.29, 0.717) is 27.8 Å². The first-order chi connectivity index (χ1) is 17.9. The van der Waals surface area contributed by atoms with E-state index < -0.39 is 0 Å². The van der Waals surface area contributed by atoms with Gasteiger partial charge >= 0.3 is 0 Å². The number of nitrogens with one attached hydrogen (secondary N) is 1. The molecular formula is C29H25Cl2FN4O. The highest BCUT2D eigenvalue weighted by molar-refractivity contribution is 6.42. The van der Waals surface area contributed by atoms with Gasteiger partial charge in [-0.2, -0.15) is 5.10 Å². The van der Waals surface area contributed by atoms with Crippen molar-refractivity contribution in [1.82, 2.24) is 20.1 Å². The van der Waals surface area contributed by atoms with Crippen LogP contribution in [0.4, 0.5) is 4.39 Å². The van der Waals surface area contributed by atoms with E-state index in [1.165, 1.54) is 12.1 Å². The Morgan fingerprint density at radius 2 is 1.84 bits per heavy atom. The largest absolute Gasteiger partial charge is 0.343 e. The fraction of sp³-hybridized carbons (Fsp3) is 0.207. The molecule has 0 spiro atoms. The number of carbonyl (C=O) groups is 1. The van der Waals surface area contributed by atoms with Crippen LogP contribution in [0.5, 0.6) is 0 Å². The van der Waals surface area contributed by atoms with Gasteiger partial charge in [0.25, 0.3) is 5.91 Å². The summed E-state index contributed by atoms with van der Waals surface area (Å²) in [6, 6.07) is 17.0. The molecule has 1 aliphatic carbocycles. The lowest BCUT2D eigenvalue weighted by molar-refractivity contribution is 0.0932. The monoisotopic (exact) mass is 534 g/mol. The van der Waals surface area contributed by atoms with Gasteiger partial charge in [0.1, 0.15) is 5.82 Å². The van der Waals surface area contributed by atoms with Crippen molar-refractivity contribution in [2.24, 2.45) is 0 Å². The number of hydrogen-bond acceptors (Lipinski definition) is 3. The van der Waals surface area contributed by atoms with Crippen LogP contribution in [0.1, 0.15) is 65.2 Å². The van der Waals surface area contributed by atoms with Gasteiger partial charge in [-0.1, -0.05) is 41.4 Å². The molecule has 1 N–H and O–H groups in total. The third-order valence-corrected chi connectivity index (χ3v) is 7.20. The van der Waals surface area contributed by atoms with Crippen LogP contribution in [0.25, 0.3) is 17.3 Å². The molecule has 188 valence electrons. The Morgan fingerprint density at radius 3 is 2.57 bits per heavy atom. The lowest BCUT2D eigenvalue weighted by atomic mass is 10.0. The molecular weight excluding hydrogens is 510 g/mol. The van der Waals surface area contributed by atoms with E-state index in [9.17, 15) is 9.18 Å². The molecule has 8 heteroatoms. The maximum atomic E-state index is 13.6. The van der Waals surface area contributed by atoms with Gasteiger partial charge in [0.05, 0.1) is 33.2 Å². The zero-order valence-electron chi connectivity index (χ0n) is 20.2. The molecule has 1 aliphatic rings. The number of carbonyl (C=O) groups excluding carboxylic acids is 1. The summed E-state index contributed by atoms with van der Waals surface area (Å²) in [7, 11) is 0. The minimum absolute atomic E-state index is 0.267. The summed E-state index contributed by atoms with van der Waals surface area (Å²) in [6.45, 7) is 1.90. The molecule has 2 heterocycles. The smallest absolute Gasteiger partial charge is 0.272 e. The predicted octanol–water partition coefficient (Wildman–Crippen LogP) is 7.47. The van der Waals surface area contributed by atoms with E-state index >= 15 is 0 Å². The van der Waals surface area contributed by atoms with Crippen LogP contribution in [-0.2, 0) is 6.42 Å². The number of allylic oxidation sites excluding steroid dienone is 1. The quantitative estimate of drug-likeness (QED) is 0.270. The van der Waals surface area contributed by atoms with Gasteiger partial charge < -0.3 is 5.32 Å². The third kappa shape index (κ3) is 5.45. The van der Waals surface area contributed by atoms with E-state index in [-0.39, 0.29) is 17.8 Å². The summed E-state index contributed by atoms with van der Waals surface area (Å²) >= 11 is 12.5. The molecule has 1 amide bonds. The van der Waals surface area contributed by atoms with Gasteiger partial charge in [0.2, 0.25) is 0 Å². The highest BCUT2D eigenvalue weighted by Gasteiger charge is 2.28. The van der Waals surface area contributed by atoms with E-state index in [1.807, 2.05) is 37.3 Å². The Bertz CT molecular complexity index is 1470. The predicted molar refractivity (Wildman–Crippen MR) is 146 cm³/mol. The lowest BCUT2D eigenvalue weighted by Crippen LogP contribution is -2.28. The van der Waals surface area contributed by atoms with E-state index in [4.69, 9.17) is 28.3 Å². The average Bonchev–Trinajstić information content (AvgIpc) is 3.17. The molecule has 37 heavy (non-hydrogen) atoms. The topological polar surface area (TPSA) is 59.8 Å². The Labute approximate surface area is 225 Å². The van der Waals surface area contributed by atoms with Crippen LogP contribution < -0.4 is 5.32 Å². The standard InChI is InChI=1S/C29H25Cl2FN4O/c1-18(26-8-4-5-15-33-26)34-29(37)27-23-7-3-2-6-20(16-19-9-11-21(32)12-10-19)28(23)36(35-27)22-13-14-24(30)25(31)17-22/h4-5,8-18H,2-3,6-7H2,1H3,(H,34,37)/b20-16+/t18-/m1/s1. The van der Waals surface area contributed by atoms with E-state index in [2.05, 4.69) is 10.3 Å². The molecule has 0 saturated heterocycles. The van der Waals surface area contributed by atoms with Crippen molar-refractivity contribution in [3.05, 3.63) is 111 Å². The summed E-state index contributed by atoms with van der Waals surface area (Å²) in [4.78, 5) is 17.9. The van der Waals surface area contributed by atoms with Crippen LogP contribution in [0.2, 0.25) is 10.0 Å². The number of hydrogen-bond donors (Lipinski definition) is 1. The molecule has 5 nitrogen and oxygen atoms in total. The zero-order chi connectivity index (χ0) is 25.9. The van der Waals surface area contributed by atoms with Gasteiger partial charge in [0, 0.05) is 11.8 Å². The van der Waals surface area contributed by atoms with Gasteiger partial charge in [-0.15, -0.1) is 0 Å². The fourth-order valence-corrected chi connectivity index (χ4v) is 4.90. The van der Waals surface area contributed by atoms with Crippen molar-refractivity contribution < 1.29 is 9.18 Å². The Hall–Kier alpha value is -3.48. The summed E-state index contributed by atoms with van der Waals surface area (Å²) in [5.74, 6) is -0.554. The second-order valence-corrected chi connectivity index (χ2v) is 9.88. The number of halogens is 3. The third-order valence-electron chi connectivity index (χ3n) is 6.46. The van der Waals surface area contributed by atoms with Gasteiger partial charge in [-0.3, -0.25) is 9.78 Å². The van der Waals surface area contributed by atoms with Crippen molar-refractivity contribution >= 4 is 40.8 Å². The van der Waals surface area contributed by atoms with Crippen LogP contribution in [0.15, 0.2) is 66.9 Å². The van der Waals surface area contributed by atoms with E-state index in [0.717, 1.165) is 47.4 Å². The van der Waals surface area contributed by atoms with Gasteiger partial charge in [0.15, 0.2) is 5.69 Å². The first-order valence-corrected chi connectivity index (χ1v) is 12.9. The number of amides is 1. The zero-order valence-corrected chi connectivity index (χ0v) is 21.7. The van der Waals surface area contributed by atoms with Crippen LogP contribution in [0, 0.1) is 5.82 Å². The van der Waals surface area contributed by atoms with Crippen molar-refractivity contribution in [3.63, 3.8) is 0 Å². The van der Waals surface area contributed by atoms with Gasteiger partial charge in [-0.05, 0) is 92.3 Å². The Kier molecular flexibility index (Phi) is 7.40. The molecule has 0 aliphatic heterocycles. The highest BCUT2D eigenvalue weighted by Crippen LogP contribution is 2.36. The number of rotatable bonds is 5. The lowest BCUT2D eigenvalue weighted by Gasteiger charge is -2.13. The maximum absolute atomic E-state index is 13.6. The summed E-state index contributed by atoms with van der Waals surface area (Å²) < 4.78 is 15.3. The first kappa shape index (κ1) is 25.2. The van der Waals surface area contributed by atoms with Crippen molar-refractivity contribution in [2.45, 2.75) is 38.6 Å². The fourth-order valence-electron chi connectivity index (χ4n) is 4.61. The Balaban J connectivity index is 1.63. The summed E-state index contributed by atoms with van der Waals surface area (Å²) in [5, 5.41) is 8.70. The van der Waals surface area contributed by atoms with Crippen LogP contribution in [0.3, 0.4) is 0 Å². The number of nitrogens with zero attached hydrogens (tertiary/aromatic N) is 3. The van der Waals surface area contributed by atoms with E-state index in [1.54, 1.807) is 35.1 Å². The molecule has 2 aromatic heterocycles. The minimum Gasteiger partial charge on any atom is -0.343 e. The molecule has 5 rings (SSSR count). The molecule has 2 aromatic carbocycles. The normalized spacial score (nSPS) is 15.2. The number of benzene rings is 2. The highest BCUT2D eigenvalue weighted by atomic mass is 35.5. The molecule has 0 bridgehead atoms. The number of pyridine rings is 1. The molecule has 4 aromatic rings. The molecule has 0 unspecified atom stereocenters. The van der Waals surface area contributed by atoms with Crippen LogP contribution in [-0.4, -0.2) is 20.7 Å². The SMILES string of the molecule is C[C@@H](NC(=O)c1nn(-c2ccc(Cl)c(Cl)c2)c2c1CCCC/C2=C\c1ccc(F)cc1)c1ccccn1. The maximum Gasteiger partial charge on any atom is 0.272 e. The van der Waals surface area contributed by atoms with Crippen molar-refractivity contribution in [1.29, 1.82) is 0 Å². The molecule has 0 fully saturated rings. The Morgan fingerprint density at radius 1 is 1.05 bits per heavy atom.